The normalized spacial score (nSPS) is 15.1. The molecule has 2 N–H and O–H groups in total. The fourth-order valence-electron chi connectivity index (χ4n) is 2.18. The second kappa shape index (κ2) is 6.55. The van der Waals surface area contributed by atoms with E-state index in [-0.39, 0.29) is 5.54 Å². The van der Waals surface area contributed by atoms with Crippen molar-refractivity contribution in [3.63, 3.8) is 0 Å². The lowest BCUT2D eigenvalue weighted by atomic mass is 9.84. The largest absolute Gasteiger partial charge is 0.330 e. The molecule has 0 aromatic carbocycles. The van der Waals surface area contributed by atoms with E-state index in [4.69, 9.17) is 5.73 Å². The number of rotatable bonds is 6. The third-order valence-electron chi connectivity index (χ3n) is 3.01. The van der Waals surface area contributed by atoms with Crippen molar-refractivity contribution in [2.24, 2.45) is 17.1 Å². The summed E-state index contributed by atoms with van der Waals surface area (Å²) in [7, 11) is 0. The van der Waals surface area contributed by atoms with Crippen molar-refractivity contribution < 1.29 is 0 Å². The van der Waals surface area contributed by atoms with Crippen LogP contribution in [0.1, 0.15) is 48.0 Å². The number of hydrogen-bond acceptors (Lipinski definition) is 2. The molecule has 17 heavy (non-hydrogen) atoms. The van der Waals surface area contributed by atoms with Gasteiger partial charge in [0.2, 0.25) is 0 Å². The van der Waals surface area contributed by atoms with Crippen LogP contribution in [0, 0.1) is 11.3 Å². The number of hydrogen-bond donors (Lipinski definition) is 1. The lowest BCUT2D eigenvalue weighted by Gasteiger charge is -2.38. The highest BCUT2D eigenvalue weighted by atomic mass is 15.2. The SMILES string of the molecule is C=CCN(CC(CN)CC(C)(C)C)C(C)(C)C. The molecule has 1 unspecified atom stereocenters. The fraction of sp³-hybridized carbons (Fsp3) is 0.867. The highest BCUT2D eigenvalue weighted by Gasteiger charge is 2.25. The molecule has 0 rings (SSSR count). The molecule has 2 nitrogen and oxygen atoms in total. The summed E-state index contributed by atoms with van der Waals surface area (Å²) in [6, 6.07) is 0. The lowest BCUT2D eigenvalue weighted by Crippen LogP contribution is -2.46. The second-order valence-electron chi connectivity index (χ2n) is 7.23. The Morgan fingerprint density at radius 3 is 2.00 bits per heavy atom. The standard InChI is InChI=1S/C15H32N2/c1-8-9-17(15(5,6)7)12-13(11-16)10-14(2,3)4/h8,13H,1,9-12,16H2,2-7H3. The van der Waals surface area contributed by atoms with Crippen LogP contribution in [0.3, 0.4) is 0 Å². The maximum atomic E-state index is 5.92. The molecule has 0 saturated heterocycles. The Hall–Kier alpha value is -0.340. The maximum Gasteiger partial charge on any atom is 0.0165 e. The third kappa shape index (κ3) is 7.56. The summed E-state index contributed by atoms with van der Waals surface area (Å²) < 4.78 is 0. The molecule has 0 fully saturated rings. The van der Waals surface area contributed by atoms with Crippen LogP contribution in [-0.4, -0.2) is 30.1 Å². The van der Waals surface area contributed by atoms with Gasteiger partial charge in [0.25, 0.3) is 0 Å². The van der Waals surface area contributed by atoms with Crippen molar-refractivity contribution in [3.05, 3.63) is 12.7 Å². The summed E-state index contributed by atoms with van der Waals surface area (Å²) in [5.41, 5.74) is 6.44. The molecule has 0 radical (unpaired) electrons. The lowest BCUT2D eigenvalue weighted by molar-refractivity contribution is 0.116. The highest BCUT2D eigenvalue weighted by molar-refractivity contribution is 4.85. The molecular formula is C15H32N2. The zero-order valence-electron chi connectivity index (χ0n) is 12.7. The Morgan fingerprint density at radius 1 is 1.18 bits per heavy atom. The zero-order valence-corrected chi connectivity index (χ0v) is 12.7. The van der Waals surface area contributed by atoms with E-state index in [0.717, 1.165) is 19.6 Å². The van der Waals surface area contributed by atoms with Crippen molar-refractivity contribution in [1.29, 1.82) is 0 Å². The van der Waals surface area contributed by atoms with E-state index in [1.807, 2.05) is 6.08 Å². The van der Waals surface area contributed by atoms with Crippen LogP contribution in [0.5, 0.6) is 0 Å². The van der Waals surface area contributed by atoms with Crippen LogP contribution >= 0.6 is 0 Å². The van der Waals surface area contributed by atoms with Gasteiger partial charge in [-0.3, -0.25) is 4.90 Å². The molecule has 0 aliphatic carbocycles. The Kier molecular flexibility index (Phi) is 6.42. The minimum absolute atomic E-state index is 0.180. The summed E-state index contributed by atoms with van der Waals surface area (Å²) >= 11 is 0. The van der Waals surface area contributed by atoms with E-state index >= 15 is 0 Å². The fourth-order valence-corrected chi connectivity index (χ4v) is 2.18. The summed E-state index contributed by atoms with van der Waals surface area (Å²) in [4.78, 5) is 2.46. The smallest absolute Gasteiger partial charge is 0.0165 e. The van der Waals surface area contributed by atoms with Gasteiger partial charge in [0.15, 0.2) is 0 Å². The molecule has 0 aromatic heterocycles. The predicted molar refractivity (Wildman–Crippen MR) is 78.1 cm³/mol. The van der Waals surface area contributed by atoms with Crippen LogP contribution in [0.2, 0.25) is 0 Å². The van der Waals surface area contributed by atoms with Crippen LogP contribution < -0.4 is 5.73 Å². The molecular weight excluding hydrogens is 208 g/mol. The van der Waals surface area contributed by atoms with Crippen LogP contribution in [0.15, 0.2) is 12.7 Å². The molecule has 0 aliphatic rings. The summed E-state index contributed by atoms with van der Waals surface area (Å²) in [5, 5.41) is 0. The van der Waals surface area contributed by atoms with Gasteiger partial charge >= 0.3 is 0 Å². The van der Waals surface area contributed by atoms with Gasteiger partial charge in [-0.05, 0) is 45.1 Å². The summed E-state index contributed by atoms with van der Waals surface area (Å²) in [6.45, 7) is 20.2. The van der Waals surface area contributed by atoms with Crippen LogP contribution in [0.4, 0.5) is 0 Å². The van der Waals surface area contributed by atoms with Gasteiger partial charge in [-0.2, -0.15) is 0 Å². The van der Waals surface area contributed by atoms with Gasteiger partial charge in [0.1, 0.15) is 0 Å². The first kappa shape index (κ1) is 16.7. The summed E-state index contributed by atoms with van der Waals surface area (Å²) in [6.07, 6.45) is 3.16. The zero-order chi connectivity index (χ0) is 13.7. The van der Waals surface area contributed by atoms with E-state index in [2.05, 4.69) is 53.0 Å². The van der Waals surface area contributed by atoms with E-state index in [9.17, 15) is 0 Å². The Labute approximate surface area is 108 Å². The molecule has 0 saturated carbocycles. The third-order valence-corrected chi connectivity index (χ3v) is 3.01. The monoisotopic (exact) mass is 240 g/mol. The van der Waals surface area contributed by atoms with Crippen molar-refractivity contribution >= 4 is 0 Å². The van der Waals surface area contributed by atoms with Gasteiger partial charge in [-0.1, -0.05) is 26.8 Å². The average Bonchev–Trinajstić information content (AvgIpc) is 2.12. The predicted octanol–water partition coefficient (Wildman–Crippen LogP) is 3.28. The average molecular weight is 240 g/mol. The van der Waals surface area contributed by atoms with Crippen molar-refractivity contribution in [2.45, 2.75) is 53.5 Å². The quantitative estimate of drug-likeness (QED) is 0.722. The minimum Gasteiger partial charge on any atom is -0.330 e. The molecule has 0 amide bonds. The van der Waals surface area contributed by atoms with Crippen LogP contribution in [-0.2, 0) is 0 Å². The number of nitrogens with zero attached hydrogens (tertiary/aromatic N) is 1. The van der Waals surface area contributed by atoms with Gasteiger partial charge in [0, 0.05) is 18.6 Å². The molecule has 102 valence electrons. The van der Waals surface area contributed by atoms with E-state index in [1.165, 1.54) is 6.42 Å². The van der Waals surface area contributed by atoms with Crippen molar-refractivity contribution in [3.8, 4) is 0 Å². The topological polar surface area (TPSA) is 29.3 Å². The van der Waals surface area contributed by atoms with E-state index in [0.29, 0.717) is 11.3 Å². The second-order valence-corrected chi connectivity index (χ2v) is 7.23. The summed E-state index contributed by atoms with van der Waals surface area (Å²) in [5.74, 6) is 0.564. The van der Waals surface area contributed by atoms with Crippen molar-refractivity contribution in [1.82, 2.24) is 4.90 Å². The Balaban J connectivity index is 4.55. The molecule has 2 heteroatoms. The van der Waals surface area contributed by atoms with Crippen LogP contribution in [0.25, 0.3) is 0 Å². The maximum absolute atomic E-state index is 5.92. The number of nitrogens with two attached hydrogens (primary N) is 1. The first-order chi connectivity index (χ1) is 7.60. The van der Waals surface area contributed by atoms with Gasteiger partial charge < -0.3 is 5.73 Å². The Bertz CT molecular complexity index is 220. The van der Waals surface area contributed by atoms with Gasteiger partial charge in [0.05, 0.1) is 0 Å². The molecule has 0 spiro atoms. The van der Waals surface area contributed by atoms with Gasteiger partial charge in [-0.15, -0.1) is 6.58 Å². The van der Waals surface area contributed by atoms with E-state index in [1.54, 1.807) is 0 Å². The Morgan fingerprint density at radius 2 is 1.71 bits per heavy atom. The minimum atomic E-state index is 0.180. The molecule has 0 bridgehead atoms. The molecule has 0 aromatic rings. The van der Waals surface area contributed by atoms with Crippen molar-refractivity contribution in [2.75, 3.05) is 19.6 Å². The highest BCUT2D eigenvalue weighted by Crippen LogP contribution is 2.26. The molecule has 1 atom stereocenters. The van der Waals surface area contributed by atoms with E-state index < -0.39 is 0 Å². The first-order valence-corrected chi connectivity index (χ1v) is 6.66. The van der Waals surface area contributed by atoms with Gasteiger partial charge in [-0.25, -0.2) is 0 Å². The molecule has 0 heterocycles. The molecule has 0 aliphatic heterocycles. The first-order valence-electron chi connectivity index (χ1n) is 6.66.